The molecule has 22 heavy (non-hydrogen) atoms. The minimum Gasteiger partial charge on any atom is -0.303 e. The molecule has 0 spiro atoms. The van der Waals surface area contributed by atoms with Crippen LogP contribution in [0.2, 0.25) is 0 Å². The summed E-state index contributed by atoms with van der Waals surface area (Å²) >= 11 is 1.84. The lowest BCUT2D eigenvalue weighted by Gasteiger charge is -2.51. The number of fused-ring (bicyclic) bond motifs is 2. The largest absolute Gasteiger partial charge is 0.303 e. The van der Waals surface area contributed by atoms with Gasteiger partial charge in [0.2, 0.25) is 0 Å². The highest BCUT2D eigenvalue weighted by Crippen LogP contribution is 2.57. The molecule has 0 saturated heterocycles. The number of nitrogens with zero attached hydrogens (tertiary/aromatic N) is 3. The van der Waals surface area contributed by atoms with Crippen LogP contribution >= 0.6 is 11.8 Å². The molecule has 3 fully saturated rings. The fourth-order valence-corrected chi connectivity index (χ4v) is 6.47. The zero-order valence-electron chi connectivity index (χ0n) is 14.2. The van der Waals surface area contributed by atoms with Crippen molar-refractivity contribution in [2.24, 2.45) is 23.7 Å². The molecule has 1 aromatic rings. The summed E-state index contributed by atoms with van der Waals surface area (Å²) in [6.07, 6.45) is 8.79. The molecule has 3 bridgehead atoms. The third-order valence-electron chi connectivity index (χ3n) is 6.37. The van der Waals surface area contributed by atoms with Gasteiger partial charge in [0.25, 0.3) is 0 Å². The van der Waals surface area contributed by atoms with Gasteiger partial charge in [-0.2, -0.15) is 0 Å². The molecule has 1 aromatic heterocycles. The van der Waals surface area contributed by atoms with Crippen LogP contribution in [0.3, 0.4) is 0 Å². The van der Waals surface area contributed by atoms with E-state index in [1.165, 1.54) is 44.3 Å². The number of hydrogen-bond acceptors (Lipinski definition) is 3. The van der Waals surface area contributed by atoms with Crippen LogP contribution in [0.15, 0.2) is 5.16 Å². The Morgan fingerprint density at radius 1 is 1.09 bits per heavy atom. The van der Waals surface area contributed by atoms with Gasteiger partial charge in [0.1, 0.15) is 5.82 Å². The van der Waals surface area contributed by atoms with E-state index in [0.29, 0.717) is 12.0 Å². The number of aromatic nitrogens is 3. The van der Waals surface area contributed by atoms with Crippen LogP contribution in [0.4, 0.5) is 0 Å². The van der Waals surface area contributed by atoms with Gasteiger partial charge in [-0.05, 0) is 75.4 Å². The van der Waals surface area contributed by atoms with Crippen molar-refractivity contribution in [3.8, 4) is 0 Å². The molecule has 0 N–H and O–H groups in total. The van der Waals surface area contributed by atoms with Crippen LogP contribution < -0.4 is 0 Å². The quantitative estimate of drug-likeness (QED) is 0.739. The normalized spacial score (nSPS) is 37.0. The molecule has 5 atom stereocenters. The summed E-state index contributed by atoms with van der Waals surface area (Å²) in [4.78, 5) is 0. The van der Waals surface area contributed by atoms with Crippen molar-refractivity contribution in [3.63, 3.8) is 0 Å². The van der Waals surface area contributed by atoms with Gasteiger partial charge in [-0.1, -0.05) is 25.1 Å². The summed E-state index contributed by atoms with van der Waals surface area (Å²) in [5.41, 5.74) is 0. The predicted octanol–water partition coefficient (Wildman–Crippen LogP) is 4.90. The molecule has 0 aliphatic heterocycles. The Balaban J connectivity index is 1.69. The monoisotopic (exact) mass is 319 g/mol. The molecular weight excluding hydrogens is 290 g/mol. The first-order chi connectivity index (χ1) is 10.7. The zero-order chi connectivity index (χ0) is 15.3. The molecule has 3 aliphatic rings. The van der Waals surface area contributed by atoms with Crippen molar-refractivity contribution in [1.29, 1.82) is 0 Å². The number of rotatable bonds is 4. The first-order valence-electron chi connectivity index (χ1n) is 9.25. The van der Waals surface area contributed by atoms with Crippen LogP contribution in [0.5, 0.6) is 0 Å². The van der Waals surface area contributed by atoms with Crippen molar-refractivity contribution in [2.45, 2.75) is 76.4 Å². The van der Waals surface area contributed by atoms with E-state index in [-0.39, 0.29) is 0 Å². The molecular formula is C18H29N3S. The van der Waals surface area contributed by atoms with Crippen molar-refractivity contribution < 1.29 is 0 Å². The van der Waals surface area contributed by atoms with E-state index < -0.39 is 0 Å². The van der Waals surface area contributed by atoms with E-state index in [9.17, 15) is 0 Å². The molecule has 1 heterocycles. The highest BCUT2D eigenvalue weighted by molar-refractivity contribution is 7.99. The van der Waals surface area contributed by atoms with E-state index in [2.05, 4.69) is 30.4 Å². The Hall–Kier alpha value is -0.510. The fraction of sp³-hybridized carbons (Fsp3) is 0.889. The summed E-state index contributed by atoms with van der Waals surface area (Å²) in [6.45, 7) is 6.77. The van der Waals surface area contributed by atoms with Crippen molar-refractivity contribution >= 4 is 11.8 Å². The topological polar surface area (TPSA) is 30.7 Å². The van der Waals surface area contributed by atoms with Crippen LogP contribution in [0.1, 0.15) is 77.1 Å². The molecule has 0 radical (unpaired) electrons. The van der Waals surface area contributed by atoms with E-state index in [4.69, 9.17) is 5.10 Å². The molecule has 3 nitrogen and oxygen atoms in total. The van der Waals surface area contributed by atoms with Crippen molar-refractivity contribution in [1.82, 2.24) is 14.8 Å². The second kappa shape index (κ2) is 5.85. The highest BCUT2D eigenvalue weighted by Gasteiger charge is 2.47. The second-order valence-corrected chi connectivity index (χ2v) is 9.25. The first kappa shape index (κ1) is 15.0. The Morgan fingerprint density at radius 3 is 2.68 bits per heavy atom. The lowest BCUT2D eigenvalue weighted by atomic mass is 9.54. The highest BCUT2D eigenvalue weighted by atomic mass is 32.2. The molecule has 3 saturated carbocycles. The number of thioether (sulfide) groups is 1. The maximum Gasteiger partial charge on any atom is 0.191 e. The minimum absolute atomic E-state index is 0.470. The van der Waals surface area contributed by atoms with E-state index in [0.717, 1.165) is 34.6 Å². The van der Waals surface area contributed by atoms with Gasteiger partial charge in [-0.25, -0.2) is 0 Å². The summed E-state index contributed by atoms with van der Waals surface area (Å²) in [5, 5.41) is 10.4. The van der Waals surface area contributed by atoms with E-state index in [1.54, 1.807) is 0 Å². The maximum atomic E-state index is 4.71. The Labute approximate surface area is 138 Å². The average molecular weight is 320 g/mol. The van der Waals surface area contributed by atoms with Gasteiger partial charge in [-0.3, -0.25) is 0 Å². The third-order valence-corrected chi connectivity index (χ3v) is 7.19. The number of hydrogen-bond donors (Lipinski definition) is 0. The van der Waals surface area contributed by atoms with Crippen molar-refractivity contribution in [2.75, 3.05) is 5.75 Å². The predicted molar refractivity (Wildman–Crippen MR) is 91.2 cm³/mol. The molecule has 5 unspecified atom stereocenters. The molecule has 4 rings (SSSR count). The second-order valence-electron chi connectivity index (χ2n) is 8.02. The summed E-state index contributed by atoms with van der Waals surface area (Å²) in [6, 6.07) is 0.470. The van der Waals surface area contributed by atoms with Gasteiger partial charge < -0.3 is 4.57 Å². The molecule has 4 heteroatoms. The van der Waals surface area contributed by atoms with Crippen molar-refractivity contribution in [3.05, 3.63) is 5.82 Å². The van der Waals surface area contributed by atoms with Crippen LogP contribution in [-0.2, 0) is 0 Å². The smallest absolute Gasteiger partial charge is 0.191 e. The molecule has 122 valence electrons. The van der Waals surface area contributed by atoms with Crippen LogP contribution in [-0.4, -0.2) is 20.5 Å². The Morgan fingerprint density at radius 2 is 1.91 bits per heavy atom. The van der Waals surface area contributed by atoms with E-state index in [1.807, 2.05) is 11.8 Å². The summed E-state index contributed by atoms with van der Waals surface area (Å²) < 4.78 is 2.45. The van der Waals surface area contributed by atoms with Gasteiger partial charge in [0.15, 0.2) is 5.16 Å². The van der Waals surface area contributed by atoms with Gasteiger partial charge in [0, 0.05) is 12.0 Å². The summed E-state index contributed by atoms with van der Waals surface area (Å²) in [7, 11) is 0. The fourth-order valence-electron chi connectivity index (χ4n) is 5.67. The minimum atomic E-state index is 0.470. The van der Waals surface area contributed by atoms with Crippen LogP contribution in [0, 0.1) is 23.7 Å². The van der Waals surface area contributed by atoms with Gasteiger partial charge >= 0.3 is 0 Å². The summed E-state index contributed by atoms with van der Waals surface area (Å²) in [5.74, 6) is 6.94. The zero-order valence-corrected chi connectivity index (χ0v) is 15.0. The van der Waals surface area contributed by atoms with Crippen LogP contribution in [0.25, 0.3) is 0 Å². The Kier molecular flexibility index (Phi) is 4.00. The van der Waals surface area contributed by atoms with Gasteiger partial charge in [0.05, 0.1) is 0 Å². The first-order valence-corrected chi connectivity index (χ1v) is 10.2. The lowest BCUT2D eigenvalue weighted by Crippen LogP contribution is -2.42. The average Bonchev–Trinajstić information content (AvgIpc) is 2.88. The van der Waals surface area contributed by atoms with Gasteiger partial charge in [-0.15, -0.1) is 10.2 Å². The molecule has 0 amide bonds. The van der Waals surface area contributed by atoms with E-state index >= 15 is 0 Å². The molecule has 3 aliphatic carbocycles. The Bertz CT molecular complexity index is 532. The standard InChI is InChI=1S/C18H29N3S/c1-4-22-18-20-19-17(21(18)11(2)3)16-10-13-7-12-5-6-15(16)14(8-12)9-13/h11-16H,4-10H2,1-3H3. The third kappa shape index (κ3) is 2.42. The lowest BCUT2D eigenvalue weighted by molar-refractivity contribution is 0.0116. The maximum absolute atomic E-state index is 4.71. The molecule has 0 aromatic carbocycles. The SMILES string of the molecule is CCSc1nnc(C2CC3CC4CCC2C(C4)C3)n1C(C)C.